The van der Waals surface area contributed by atoms with Crippen LogP contribution in [0.5, 0.6) is 0 Å². The third kappa shape index (κ3) is 15.0. The van der Waals surface area contributed by atoms with Crippen LogP contribution in [0.1, 0.15) is 0 Å². The average molecular weight is 1310 g/mol. The molecule has 0 radical (unpaired) electrons. The molecule has 8 fully saturated rings. The summed E-state index contributed by atoms with van der Waals surface area (Å²) < 4.78 is 87.2. The van der Waals surface area contributed by atoms with Gasteiger partial charge in [-0.25, -0.2) is 0 Å². The predicted molar refractivity (Wildman–Crippen MR) is 280 cm³/mol. The van der Waals surface area contributed by atoms with Gasteiger partial charge in [0.05, 0.1) is 101 Å². The van der Waals surface area contributed by atoms with Crippen LogP contribution >= 0.6 is 0 Å². The normalized spacial score (nSPS) is 53.6. The van der Waals surface area contributed by atoms with Gasteiger partial charge in [0.25, 0.3) is 0 Å². The molecule has 41 heteroatoms. The summed E-state index contributed by atoms with van der Waals surface area (Å²) in [7, 11) is 0. The summed E-state index contributed by atoms with van der Waals surface area (Å²) in [4.78, 5) is 0. The maximum Gasteiger partial charge on any atom is 0.176 e. The molecule has 8 aliphatic rings. The van der Waals surface area contributed by atoms with Crippen LogP contribution in [-0.4, -0.2) is 390 Å². The van der Waals surface area contributed by atoms with Crippen molar-refractivity contribution in [3.63, 3.8) is 0 Å². The highest BCUT2D eigenvalue weighted by atomic mass is 16.8. The first-order valence-electron chi connectivity index (χ1n) is 28.8. The third-order valence-corrected chi connectivity index (χ3v) is 17.3. The van der Waals surface area contributed by atoms with Crippen molar-refractivity contribution in [3.05, 3.63) is 0 Å². The van der Waals surface area contributed by atoms with E-state index in [1.54, 1.807) is 0 Å². The standard InChI is InChI=1S/C48H90N8O33/c49-17-27(67)34(10(2-58)75-41(17)74)83-43-19(51)29(69)36(12(4-60)77-43)85-45-21(53)31(71)38(14(6-62)79-45)87-47-23(55)33(73)40(16(8-64)81-47)89-48-24(56)32(72)39(15(7-63)82-48)88-46-22(54)30(70)37(13(5-61)80-46)86-44-20(52)28(68)35(11(3-59)78-44)84-42-18(50)26(66)25(65)9(1-57)76-42/h9-48,57-74H,1-8,49-56H2/t9-,10-,11-,12-,13-,14-,15-,16-,17-,18-,19-,20-,21-,22-,23-,24-,25-,26-,27-,28-,29-,30-,31-,32-,33-,34-,35-,36-,37-,38-,39-,40-,41-,42+,43+,44+,45+,46+,47+,48+/m1/s1. The number of aliphatic hydroxyl groups excluding tert-OH is 18. The quantitative estimate of drug-likeness (QED) is 0.0479. The van der Waals surface area contributed by atoms with Crippen LogP contribution in [0.3, 0.4) is 0 Å². The molecule has 0 aromatic rings. The van der Waals surface area contributed by atoms with Gasteiger partial charge in [-0.2, -0.15) is 0 Å². The highest BCUT2D eigenvalue weighted by Gasteiger charge is 2.58. The summed E-state index contributed by atoms with van der Waals surface area (Å²) >= 11 is 0. The van der Waals surface area contributed by atoms with Gasteiger partial charge in [-0.3, -0.25) is 0 Å². The molecule has 34 N–H and O–H groups in total. The van der Waals surface area contributed by atoms with Crippen LogP contribution in [-0.2, 0) is 71.1 Å². The molecule has 0 unspecified atom stereocenters. The summed E-state index contributed by atoms with van der Waals surface area (Å²) in [5, 5.41) is 192. The molecule has 0 spiro atoms. The zero-order valence-electron chi connectivity index (χ0n) is 47.5. The van der Waals surface area contributed by atoms with Crippen molar-refractivity contribution in [3.8, 4) is 0 Å². The molecule has 8 saturated heterocycles. The third-order valence-electron chi connectivity index (χ3n) is 17.3. The molecular weight excluding hydrogens is 1220 g/mol. The van der Waals surface area contributed by atoms with Crippen molar-refractivity contribution < 1.29 is 163 Å². The minimum Gasteiger partial charge on any atom is -0.394 e. The molecule has 520 valence electrons. The van der Waals surface area contributed by atoms with E-state index >= 15 is 0 Å². The number of rotatable bonds is 22. The summed E-state index contributed by atoms with van der Waals surface area (Å²) in [5.74, 6) is 0. The van der Waals surface area contributed by atoms with Gasteiger partial charge >= 0.3 is 0 Å². The number of ether oxygens (including phenoxy) is 15. The smallest absolute Gasteiger partial charge is 0.176 e. The van der Waals surface area contributed by atoms with Crippen LogP contribution in [0.15, 0.2) is 0 Å². The zero-order chi connectivity index (χ0) is 65.4. The monoisotopic (exact) mass is 1310 g/mol. The van der Waals surface area contributed by atoms with Gasteiger partial charge in [0.15, 0.2) is 50.3 Å². The van der Waals surface area contributed by atoms with Gasteiger partial charge in [-0.05, 0) is 0 Å². The SMILES string of the molecule is N[C@@H]1[C@@H](O)[C@H](O[C@@H]2O[C@H](CO)[C@@H](O[C@@H]3O[C@H](CO)[C@@H](O[C@@H]4O[C@H](CO)[C@@H](O[C@@H]5O[C@H](CO)[C@@H](O[C@@H]6O[C@H](CO)[C@@H](O[C@@H]7O[C@H](CO)[C@@H](O[C@@H]8O[C@H](CO)[C@@H](O)[C@H](O)[C@H]8N)[C@H](O)[C@H]7N)[C@H](O)[C@H]6N)[C@H](O)[C@H]5N)[C@H](O)[C@H]4N)[C@H](O)[C@H]3N)[C@H](O)[C@H]2N)[C@@H](CO)O[C@H]1O. The summed E-state index contributed by atoms with van der Waals surface area (Å²) in [6, 6.07) is -12.3. The van der Waals surface area contributed by atoms with E-state index in [0.717, 1.165) is 0 Å². The first-order valence-corrected chi connectivity index (χ1v) is 28.8. The van der Waals surface area contributed by atoms with Crippen molar-refractivity contribution in [2.45, 2.75) is 245 Å². The van der Waals surface area contributed by atoms with Crippen molar-refractivity contribution in [1.29, 1.82) is 0 Å². The maximum absolute atomic E-state index is 11.6. The molecule has 0 aromatic heterocycles. The van der Waals surface area contributed by atoms with Crippen LogP contribution in [0, 0.1) is 0 Å². The van der Waals surface area contributed by atoms with Gasteiger partial charge in [0.1, 0.15) is 146 Å². The molecule has 0 aromatic carbocycles. The first-order chi connectivity index (χ1) is 42.2. The fourth-order valence-electron chi connectivity index (χ4n) is 11.8. The largest absolute Gasteiger partial charge is 0.394 e. The van der Waals surface area contributed by atoms with Gasteiger partial charge in [-0.1, -0.05) is 0 Å². The van der Waals surface area contributed by atoms with Crippen LogP contribution in [0.2, 0.25) is 0 Å². The number of aliphatic hydroxyl groups is 18. The molecular formula is C48H90N8O33. The topological polar surface area (TPSA) is 711 Å². The lowest BCUT2D eigenvalue weighted by Gasteiger charge is -2.51. The van der Waals surface area contributed by atoms with Gasteiger partial charge in [0, 0.05) is 0 Å². The highest BCUT2D eigenvalue weighted by Crippen LogP contribution is 2.37. The van der Waals surface area contributed by atoms with Crippen LogP contribution < -0.4 is 45.9 Å². The van der Waals surface area contributed by atoms with E-state index in [-0.39, 0.29) is 0 Å². The van der Waals surface area contributed by atoms with Gasteiger partial charge in [0.2, 0.25) is 0 Å². The fraction of sp³-hybridized carbons (Fsp3) is 1.00. The Labute approximate surface area is 506 Å². The number of nitrogens with two attached hydrogens (primary N) is 8. The Morgan fingerprint density at radius 2 is 0.360 bits per heavy atom. The Balaban J connectivity index is 0.850. The van der Waals surface area contributed by atoms with Gasteiger partial charge in [-0.15, -0.1) is 0 Å². The molecule has 8 aliphatic heterocycles. The van der Waals surface area contributed by atoms with Crippen molar-refractivity contribution in [2.75, 3.05) is 52.9 Å². The molecule has 40 atom stereocenters. The first kappa shape index (κ1) is 73.2. The van der Waals surface area contributed by atoms with Crippen LogP contribution in [0.4, 0.5) is 0 Å². The van der Waals surface area contributed by atoms with E-state index in [1.807, 2.05) is 0 Å². The number of hydrogen-bond donors (Lipinski definition) is 26. The Hall–Kier alpha value is -1.64. The van der Waals surface area contributed by atoms with Crippen molar-refractivity contribution in [2.24, 2.45) is 45.9 Å². The predicted octanol–water partition coefficient (Wildman–Crippen LogP) is -18.7. The number of hydrogen-bond acceptors (Lipinski definition) is 41. The Morgan fingerprint density at radius 3 is 0.551 bits per heavy atom. The lowest BCUT2D eigenvalue weighted by Crippen LogP contribution is -2.71. The van der Waals surface area contributed by atoms with E-state index in [9.17, 15) is 91.9 Å². The summed E-state index contributed by atoms with van der Waals surface area (Å²) in [6.07, 6.45) is -52.2. The molecule has 8 rings (SSSR count). The maximum atomic E-state index is 11.6. The molecule has 41 nitrogen and oxygen atoms in total. The minimum absolute atomic E-state index is 0.749. The Bertz CT molecular complexity index is 2150. The molecule has 0 bridgehead atoms. The molecule has 8 heterocycles. The highest BCUT2D eigenvalue weighted by molar-refractivity contribution is 5.04. The van der Waals surface area contributed by atoms with E-state index < -0.39 is 298 Å². The minimum atomic E-state index is -1.87. The lowest BCUT2D eigenvalue weighted by molar-refractivity contribution is -0.370. The van der Waals surface area contributed by atoms with E-state index in [2.05, 4.69) is 0 Å². The molecule has 0 saturated carbocycles. The average Bonchev–Trinajstić information content (AvgIpc) is 2.34. The van der Waals surface area contributed by atoms with Crippen LogP contribution in [0.25, 0.3) is 0 Å². The summed E-state index contributed by atoms with van der Waals surface area (Å²) in [5.41, 5.74) is 49.9. The molecule has 0 amide bonds. The zero-order valence-corrected chi connectivity index (χ0v) is 47.5. The van der Waals surface area contributed by atoms with E-state index in [1.165, 1.54) is 0 Å². The second-order valence-corrected chi connectivity index (χ2v) is 23.1. The summed E-state index contributed by atoms with van der Waals surface area (Å²) in [6.45, 7) is -6.90. The Morgan fingerprint density at radius 1 is 0.202 bits per heavy atom. The molecule has 89 heavy (non-hydrogen) atoms. The fourth-order valence-corrected chi connectivity index (χ4v) is 11.8. The van der Waals surface area contributed by atoms with E-state index in [4.69, 9.17) is 117 Å². The molecule has 0 aliphatic carbocycles. The second kappa shape index (κ2) is 31.5. The van der Waals surface area contributed by atoms with Gasteiger partial charge < -0.3 is 209 Å². The van der Waals surface area contributed by atoms with Crippen molar-refractivity contribution in [1.82, 2.24) is 0 Å². The van der Waals surface area contributed by atoms with Crippen molar-refractivity contribution >= 4 is 0 Å². The Kier molecular flexibility index (Phi) is 25.9. The second-order valence-electron chi connectivity index (χ2n) is 23.1. The lowest BCUT2D eigenvalue weighted by atomic mass is 9.93. The van der Waals surface area contributed by atoms with E-state index in [0.29, 0.717) is 0 Å².